The molecule has 42 heavy (non-hydrogen) atoms. The number of benzene rings is 1. The first-order valence-corrected chi connectivity index (χ1v) is 16.1. The number of piperazine rings is 1. The van der Waals surface area contributed by atoms with Crippen molar-refractivity contribution in [1.82, 2.24) is 24.8 Å². The molecule has 1 aliphatic carbocycles. The van der Waals surface area contributed by atoms with Crippen molar-refractivity contribution in [3.63, 3.8) is 0 Å². The highest BCUT2D eigenvalue weighted by molar-refractivity contribution is 7.13. The van der Waals surface area contributed by atoms with Crippen molar-refractivity contribution < 1.29 is 9.53 Å². The number of rotatable bonds is 9. The van der Waals surface area contributed by atoms with Gasteiger partial charge in [-0.2, -0.15) is 4.98 Å². The number of aromatic nitrogens is 3. The van der Waals surface area contributed by atoms with Crippen molar-refractivity contribution >= 4 is 40.4 Å². The molecule has 1 aromatic carbocycles. The lowest BCUT2D eigenvalue weighted by Gasteiger charge is -2.43. The third kappa shape index (κ3) is 5.69. The number of anilines is 4. The highest BCUT2D eigenvalue weighted by Gasteiger charge is 2.41. The molecule has 2 aliphatic heterocycles. The third-order valence-electron chi connectivity index (χ3n) is 8.96. The van der Waals surface area contributed by atoms with E-state index < -0.39 is 0 Å². The molecular formula is C31H42N8O2S. The van der Waals surface area contributed by atoms with Crippen LogP contribution in [0.25, 0.3) is 10.6 Å². The highest BCUT2D eigenvalue weighted by atomic mass is 32.1. The number of hydrogen-bond donors (Lipinski definition) is 1. The Balaban J connectivity index is 1.21. The van der Waals surface area contributed by atoms with E-state index in [2.05, 4.69) is 50.3 Å². The Morgan fingerprint density at radius 1 is 1.07 bits per heavy atom. The summed E-state index contributed by atoms with van der Waals surface area (Å²) >= 11 is 1.67. The Bertz CT molecular complexity index is 1400. The number of ether oxygens (including phenoxy) is 1. The fourth-order valence-electron chi connectivity index (χ4n) is 6.50. The molecule has 224 valence electrons. The first kappa shape index (κ1) is 28.8. The molecule has 0 unspecified atom stereocenters. The second kappa shape index (κ2) is 12.5. The molecule has 11 heteroatoms. The Hall–Kier alpha value is -3.28. The zero-order valence-electron chi connectivity index (χ0n) is 25.2. The van der Waals surface area contributed by atoms with Gasteiger partial charge in [0.1, 0.15) is 22.5 Å². The van der Waals surface area contributed by atoms with E-state index in [9.17, 15) is 4.79 Å². The van der Waals surface area contributed by atoms with E-state index in [1.165, 1.54) is 12.8 Å². The standard InChI is InChI=1S/C31H42N8O2S/c1-5-25-30(40)36(3)26-18-32-31(35-28(26)39(25)23-9-7-8-10-23)34-24-12-11-21(17-27(24)41-4)29-33-22(20-42-29)19-38-15-13-37(6-2)14-16-38/h11-12,17-18,20,23,25H,5-10,13-16,19H2,1-4H3,(H,32,34,35)/t25-/m1/s1. The van der Waals surface area contributed by atoms with Crippen LogP contribution in [0, 0.1) is 0 Å². The second-order valence-electron chi connectivity index (χ2n) is 11.5. The normalized spacial score (nSPS) is 20.3. The van der Waals surface area contributed by atoms with Crippen LogP contribution in [0.15, 0.2) is 29.8 Å². The van der Waals surface area contributed by atoms with Gasteiger partial charge in [0.25, 0.3) is 0 Å². The smallest absolute Gasteiger partial charge is 0.249 e. The Morgan fingerprint density at radius 3 is 2.55 bits per heavy atom. The number of hydrogen-bond acceptors (Lipinski definition) is 10. The first-order valence-electron chi connectivity index (χ1n) is 15.3. The molecule has 1 saturated heterocycles. The van der Waals surface area contributed by atoms with Gasteiger partial charge in [0.05, 0.1) is 24.7 Å². The van der Waals surface area contributed by atoms with Gasteiger partial charge in [-0.1, -0.05) is 26.7 Å². The van der Waals surface area contributed by atoms with E-state index in [1.54, 1.807) is 29.5 Å². The number of nitrogens with zero attached hydrogens (tertiary/aromatic N) is 7. The molecule has 3 aromatic rings. The number of carbonyl (C=O) groups excluding carboxylic acids is 1. The highest BCUT2D eigenvalue weighted by Crippen LogP contribution is 2.40. The summed E-state index contributed by atoms with van der Waals surface area (Å²) in [6.07, 6.45) is 7.05. The fraction of sp³-hybridized carbons (Fsp3) is 0.548. The molecule has 0 spiro atoms. The minimum Gasteiger partial charge on any atom is -0.495 e. The van der Waals surface area contributed by atoms with Crippen molar-refractivity contribution in [3.8, 4) is 16.3 Å². The molecule has 10 nitrogen and oxygen atoms in total. The number of likely N-dealkylation sites (N-methyl/N-ethyl adjacent to an activating group) is 2. The van der Waals surface area contributed by atoms with Crippen molar-refractivity contribution in [2.24, 2.45) is 0 Å². The maximum Gasteiger partial charge on any atom is 0.249 e. The molecule has 3 aliphatic rings. The minimum absolute atomic E-state index is 0.114. The number of nitrogens with one attached hydrogen (secondary N) is 1. The van der Waals surface area contributed by atoms with Gasteiger partial charge in [0.15, 0.2) is 5.82 Å². The summed E-state index contributed by atoms with van der Waals surface area (Å²) in [5.41, 5.74) is 3.68. The molecule has 1 amide bonds. The molecular weight excluding hydrogens is 548 g/mol. The number of methoxy groups -OCH3 is 1. The van der Waals surface area contributed by atoms with Crippen LogP contribution in [0.1, 0.15) is 51.6 Å². The zero-order valence-corrected chi connectivity index (χ0v) is 26.0. The van der Waals surface area contributed by atoms with E-state index in [0.717, 1.165) is 92.0 Å². The van der Waals surface area contributed by atoms with E-state index in [4.69, 9.17) is 14.7 Å². The van der Waals surface area contributed by atoms with Crippen LogP contribution in [-0.4, -0.2) is 89.6 Å². The molecule has 1 N–H and O–H groups in total. The maximum absolute atomic E-state index is 13.2. The predicted octanol–water partition coefficient (Wildman–Crippen LogP) is 4.99. The lowest BCUT2D eigenvalue weighted by molar-refractivity contribution is -0.120. The van der Waals surface area contributed by atoms with Gasteiger partial charge in [-0.25, -0.2) is 9.97 Å². The quantitative estimate of drug-likeness (QED) is 0.370. The Labute approximate surface area is 252 Å². The molecule has 4 heterocycles. The topological polar surface area (TPSA) is 90.0 Å². The van der Waals surface area contributed by atoms with Gasteiger partial charge in [0.2, 0.25) is 11.9 Å². The number of amides is 1. The summed E-state index contributed by atoms with van der Waals surface area (Å²) in [6.45, 7) is 10.7. The summed E-state index contributed by atoms with van der Waals surface area (Å²) in [6, 6.07) is 6.21. The molecule has 2 fully saturated rings. The second-order valence-corrected chi connectivity index (χ2v) is 12.3. The van der Waals surface area contributed by atoms with Crippen molar-refractivity contribution in [3.05, 3.63) is 35.5 Å². The van der Waals surface area contributed by atoms with Crippen LogP contribution in [0.2, 0.25) is 0 Å². The van der Waals surface area contributed by atoms with Crippen LogP contribution in [0.4, 0.5) is 23.1 Å². The van der Waals surface area contributed by atoms with Gasteiger partial charge in [-0.15, -0.1) is 11.3 Å². The summed E-state index contributed by atoms with van der Waals surface area (Å²) < 4.78 is 5.79. The molecule has 0 radical (unpaired) electrons. The van der Waals surface area contributed by atoms with Crippen molar-refractivity contribution in [1.29, 1.82) is 0 Å². The third-order valence-corrected chi connectivity index (χ3v) is 9.90. The average Bonchev–Trinajstić information content (AvgIpc) is 3.72. The maximum atomic E-state index is 13.2. The van der Waals surface area contributed by atoms with Crippen LogP contribution < -0.4 is 19.9 Å². The van der Waals surface area contributed by atoms with Gasteiger partial charge >= 0.3 is 0 Å². The summed E-state index contributed by atoms with van der Waals surface area (Å²) in [5, 5.41) is 6.54. The fourth-order valence-corrected chi connectivity index (χ4v) is 7.30. The van der Waals surface area contributed by atoms with E-state index in [-0.39, 0.29) is 11.9 Å². The largest absolute Gasteiger partial charge is 0.495 e. The Kier molecular flexibility index (Phi) is 8.60. The molecule has 0 bridgehead atoms. The van der Waals surface area contributed by atoms with Crippen LogP contribution >= 0.6 is 11.3 Å². The Morgan fingerprint density at radius 2 is 1.83 bits per heavy atom. The number of thiazole rings is 1. The molecule has 1 atom stereocenters. The lowest BCUT2D eigenvalue weighted by Crippen LogP contribution is -2.55. The molecule has 1 saturated carbocycles. The van der Waals surface area contributed by atoms with Gasteiger partial charge < -0.3 is 24.8 Å². The SMILES string of the molecule is CC[C@@H]1C(=O)N(C)c2cnc(Nc3ccc(-c4nc(CN5CCN(CC)CC5)cs4)cc3OC)nc2N1C1CCCC1. The van der Waals surface area contributed by atoms with Gasteiger partial charge in [-0.3, -0.25) is 9.69 Å². The van der Waals surface area contributed by atoms with Crippen LogP contribution in [0.3, 0.4) is 0 Å². The van der Waals surface area contributed by atoms with E-state index >= 15 is 0 Å². The van der Waals surface area contributed by atoms with Gasteiger partial charge in [-0.05, 0) is 44.0 Å². The molecule has 2 aromatic heterocycles. The monoisotopic (exact) mass is 590 g/mol. The summed E-state index contributed by atoms with van der Waals surface area (Å²) in [4.78, 5) is 36.7. The summed E-state index contributed by atoms with van der Waals surface area (Å²) in [5.74, 6) is 2.13. The van der Waals surface area contributed by atoms with Crippen molar-refractivity contribution in [2.75, 3.05) is 62.0 Å². The minimum atomic E-state index is -0.202. The lowest BCUT2D eigenvalue weighted by atomic mass is 10.0. The molecule has 6 rings (SSSR count). The first-order chi connectivity index (χ1) is 20.5. The van der Waals surface area contributed by atoms with Crippen LogP contribution in [0.5, 0.6) is 5.75 Å². The van der Waals surface area contributed by atoms with E-state index in [1.807, 2.05) is 19.2 Å². The van der Waals surface area contributed by atoms with Crippen LogP contribution in [-0.2, 0) is 11.3 Å². The van der Waals surface area contributed by atoms with E-state index in [0.29, 0.717) is 17.7 Å². The zero-order chi connectivity index (χ0) is 29.2. The average molecular weight is 591 g/mol. The van der Waals surface area contributed by atoms with Gasteiger partial charge in [0, 0.05) is 56.8 Å². The number of carbonyl (C=O) groups is 1. The summed E-state index contributed by atoms with van der Waals surface area (Å²) in [7, 11) is 3.50. The predicted molar refractivity (Wildman–Crippen MR) is 169 cm³/mol. The van der Waals surface area contributed by atoms with Crippen molar-refractivity contribution in [2.45, 2.75) is 64.6 Å². The number of fused-ring (bicyclic) bond motifs is 1.